The molecule has 1 atom stereocenters. The summed E-state index contributed by atoms with van der Waals surface area (Å²) in [5, 5.41) is 15.6. The Morgan fingerprint density at radius 3 is 2.35 bits per heavy atom. The number of rotatable bonds is 6. The molecule has 1 aromatic carbocycles. The van der Waals surface area contributed by atoms with Gasteiger partial charge in [-0.1, -0.05) is 36.2 Å². The minimum absolute atomic E-state index is 0.0374. The molecule has 0 heterocycles. The van der Waals surface area contributed by atoms with E-state index in [0.29, 0.717) is 22.0 Å². The van der Waals surface area contributed by atoms with E-state index < -0.39 is 12.0 Å². The van der Waals surface area contributed by atoms with Crippen molar-refractivity contribution in [1.82, 2.24) is 10.6 Å². The third kappa shape index (κ3) is 5.00. The maximum absolute atomic E-state index is 11.5. The van der Waals surface area contributed by atoms with Gasteiger partial charge in [0, 0.05) is 28.6 Å². The lowest BCUT2D eigenvalue weighted by molar-refractivity contribution is -0.126. The summed E-state index contributed by atoms with van der Waals surface area (Å²) in [6.45, 7) is 1.52. The third-order valence-electron chi connectivity index (χ3n) is 2.59. The maximum atomic E-state index is 11.5. The number of nitrogens with one attached hydrogen (secondary N) is 2. The summed E-state index contributed by atoms with van der Waals surface area (Å²) in [7, 11) is 0. The zero-order valence-corrected chi connectivity index (χ0v) is 12.5. The molecule has 0 radical (unpaired) electrons. The van der Waals surface area contributed by atoms with Gasteiger partial charge in [0.1, 0.15) is 0 Å². The van der Waals surface area contributed by atoms with Crippen molar-refractivity contribution in [2.75, 3.05) is 13.1 Å². The Kier molecular flexibility index (Phi) is 6.78. The number of carbonyl (C=O) groups excluding carboxylic acids is 2. The van der Waals surface area contributed by atoms with Crippen LogP contribution in [0.5, 0.6) is 0 Å². The van der Waals surface area contributed by atoms with Crippen molar-refractivity contribution in [3.63, 3.8) is 0 Å². The highest BCUT2D eigenvalue weighted by molar-refractivity contribution is 6.36. The number of halogens is 2. The lowest BCUT2D eigenvalue weighted by atomic mass is 10.1. The van der Waals surface area contributed by atoms with Gasteiger partial charge in [-0.3, -0.25) is 9.59 Å². The molecule has 0 saturated heterocycles. The van der Waals surface area contributed by atoms with Crippen molar-refractivity contribution in [3.8, 4) is 0 Å². The second-order valence-electron chi connectivity index (χ2n) is 4.09. The van der Waals surface area contributed by atoms with Crippen LogP contribution in [-0.2, 0) is 9.59 Å². The van der Waals surface area contributed by atoms with Gasteiger partial charge in [0.25, 0.3) is 0 Å². The molecule has 20 heavy (non-hydrogen) atoms. The molecule has 7 heteroatoms. The second-order valence-corrected chi connectivity index (χ2v) is 4.90. The van der Waals surface area contributed by atoms with E-state index in [1.807, 2.05) is 0 Å². The van der Waals surface area contributed by atoms with E-state index in [0.717, 1.165) is 0 Å². The molecule has 0 fully saturated rings. The average Bonchev–Trinajstić information content (AvgIpc) is 2.42. The summed E-state index contributed by atoms with van der Waals surface area (Å²) < 4.78 is 0. The van der Waals surface area contributed by atoms with Crippen molar-refractivity contribution in [2.24, 2.45) is 0 Å². The van der Waals surface area contributed by atoms with Gasteiger partial charge in [-0.2, -0.15) is 0 Å². The van der Waals surface area contributed by atoms with Crippen molar-refractivity contribution in [1.29, 1.82) is 0 Å². The number of hydrogen-bond acceptors (Lipinski definition) is 3. The van der Waals surface area contributed by atoms with Gasteiger partial charge in [-0.25, -0.2) is 0 Å². The minimum atomic E-state index is -1.01. The van der Waals surface area contributed by atoms with Crippen LogP contribution in [0.4, 0.5) is 0 Å². The molecular weight excluding hydrogens is 303 g/mol. The highest BCUT2D eigenvalue weighted by Crippen LogP contribution is 2.29. The fraction of sp³-hybridized carbons (Fsp3) is 0.385. The van der Waals surface area contributed by atoms with Gasteiger partial charge in [0.05, 0.1) is 12.6 Å². The monoisotopic (exact) mass is 318 g/mol. The van der Waals surface area contributed by atoms with E-state index in [9.17, 15) is 14.7 Å². The lowest BCUT2D eigenvalue weighted by Crippen LogP contribution is -2.38. The standard InChI is InChI=1S/C13H16Cl2N2O3/c1-2-11(19)17-7-12(20)16-6-10(18)13-8(14)4-3-5-9(13)15/h3-5,10,18H,2,6-7H2,1H3,(H,16,20)(H,17,19). The SMILES string of the molecule is CCC(=O)NCC(=O)NCC(O)c1c(Cl)cccc1Cl. The Morgan fingerprint density at radius 1 is 1.20 bits per heavy atom. The van der Waals surface area contributed by atoms with Gasteiger partial charge in [0.2, 0.25) is 11.8 Å². The van der Waals surface area contributed by atoms with Crippen LogP contribution in [0.25, 0.3) is 0 Å². The first kappa shape index (κ1) is 16.8. The fourth-order valence-electron chi connectivity index (χ4n) is 1.51. The first-order valence-electron chi connectivity index (χ1n) is 6.11. The normalized spacial score (nSPS) is 11.8. The summed E-state index contributed by atoms with van der Waals surface area (Å²) in [6, 6.07) is 4.88. The van der Waals surface area contributed by atoms with E-state index in [1.165, 1.54) is 0 Å². The molecule has 0 aliphatic heterocycles. The third-order valence-corrected chi connectivity index (χ3v) is 3.25. The molecule has 1 aromatic rings. The van der Waals surface area contributed by atoms with Gasteiger partial charge in [-0.05, 0) is 12.1 Å². The first-order valence-corrected chi connectivity index (χ1v) is 6.86. The molecule has 0 aliphatic carbocycles. The summed E-state index contributed by atoms with van der Waals surface area (Å²) in [5.41, 5.74) is 0.369. The molecule has 0 spiro atoms. The fourth-order valence-corrected chi connectivity index (χ4v) is 2.16. The number of hydrogen-bond donors (Lipinski definition) is 3. The Labute approximate surface area is 127 Å². The molecule has 0 aromatic heterocycles. The molecule has 0 aliphatic rings. The Bertz CT molecular complexity index is 474. The topological polar surface area (TPSA) is 78.4 Å². The number of aliphatic hydroxyl groups is 1. The molecule has 3 N–H and O–H groups in total. The van der Waals surface area contributed by atoms with Gasteiger partial charge in [0.15, 0.2) is 0 Å². The highest BCUT2D eigenvalue weighted by Gasteiger charge is 2.16. The van der Waals surface area contributed by atoms with Crippen LogP contribution in [0.15, 0.2) is 18.2 Å². The Morgan fingerprint density at radius 2 is 1.80 bits per heavy atom. The van der Waals surface area contributed by atoms with Crippen LogP contribution < -0.4 is 10.6 Å². The maximum Gasteiger partial charge on any atom is 0.239 e. The largest absolute Gasteiger partial charge is 0.386 e. The number of aliphatic hydroxyl groups excluding tert-OH is 1. The molecule has 110 valence electrons. The van der Waals surface area contributed by atoms with Crippen LogP contribution in [-0.4, -0.2) is 30.0 Å². The molecule has 2 amide bonds. The molecule has 0 saturated carbocycles. The Hall–Kier alpha value is -1.30. The highest BCUT2D eigenvalue weighted by atomic mass is 35.5. The van der Waals surface area contributed by atoms with E-state index in [4.69, 9.17) is 23.2 Å². The molecule has 0 bridgehead atoms. The predicted octanol–water partition coefficient (Wildman–Crippen LogP) is 1.67. The number of amides is 2. The molecular formula is C13H16Cl2N2O3. The molecule has 1 unspecified atom stereocenters. The van der Waals surface area contributed by atoms with E-state index in [-0.39, 0.29) is 19.0 Å². The van der Waals surface area contributed by atoms with Crippen molar-refractivity contribution < 1.29 is 14.7 Å². The van der Waals surface area contributed by atoms with Crippen LogP contribution in [0, 0.1) is 0 Å². The zero-order valence-electron chi connectivity index (χ0n) is 11.0. The van der Waals surface area contributed by atoms with E-state index in [2.05, 4.69) is 10.6 Å². The van der Waals surface area contributed by atoms with Crippen LogP contribution >= 0.6 is 23.2 Å². The summed E-state index contributed by atoms with van der Waals surface area (Å²) in [5.74, 6) is -0.608. The number of carbonyl (C=O) groups is 2. The minimum Gasteiger partial charge on any atom is -0.386 e. The van der Waals surface area contributed by atoms with Crippen LogP contribution in [0.1, 0.15) is 25.0 Å². The average molecular weight is 319 g/mol. The zero-order chi connectivity index (χ0) is 15.1. The quantitative estimate of drug-likeness (QED) is 0.746. The van der Waals surface area contributed by atoms with Crippen molar-refractivity contribution >= 4 is 35.0 Å². The van der Waals surface area contributed by atoms with E-state index >= 15 is 0 Å². The Balaban J connectivity index is 2.49. The second kappa shape index (κ2) is 8.09. The smallest absolute Gasteiger partial charge is 0.239 e. The summed E-state index contributed by atoms with van der Waals surface area (Å²) >= 11 is 11.9. The lowest BCUT2D eigenvalue weighted by Gasteiger charge is -2.15. The summed E-state index contributed by atoms with van der Waals surface area (Å²) in [6.07, 6.45) is -0.701. The van der Waals surface area contributed by atoms with Crippen LogP contribution in [0.2, 0.25) is 10.0 Å². The van der Waals surface area contributed by atoms with Crippen LogP contribution in [0.3, 0.4) is 0 Å². The number of benzene rings is 1. The van der Waals surface area contributed by atoms with Crippen molar-refractivity contribution in [3.05, 3.63) is 33.8 Å². The molecule has 1 rings (SSSR count). The first-order chi connectivity index (χ1) is 9.45. The van der Waals surface area contributed by atoms with Crippen molar-refractivity contribution in [2.45, 2.75) is 19.4 Å². The van der Waals surface area contributed by atoms with Gasteiger partial charge >= 0.3 is 0 Å². The van der Waals surface area contributed by atoms with Gasteiger partial charge < -0.3 is 15.7 Å². The predicted molar refractivity (Wildman–Crippen MR) is 77.7 cm³/mol. The van der Waals surface area contributed by atoms with E-state index in [1.54, 1.807) is 25.1 Å². The summed E-state index contributed by atoms with van der Waals surface area (Å²) in [4.78, 5) is 22.5. The molecule has 5 nitrogen and oxygen atoms in total. The van der Waals surface area contributed by atoms with Gasteiger partial charge in [-0.15, -0.1) is 0 Å².